The van der Waals surface area contributed by atoms with Crippen molar-refractivity contribution < 1.29 is 23.4 Å². The second-order valence-electron chi connectivity index (χ2n) is 12.5. The Morgan fingerprint density at radius 1 is 0.690 bits per heavy atom. The zero-order valence-electron chi connectivity index (χ0n) is 26.1. The zero-order chi connectivity index (χ0) is 30.0. The molecule has 4 atom stereocenters. The first-order chi connectivity index (χ1) is 20.2. The van der Waals surface area contributed by atoms with E-state index in [0.29, 0.717) is 26.4 Å². The molecule has 226 valence electrons. The lowest BCUT2D eigenvalue weighted by Crippen LogP contribution is -2.57. The smallest absolute Gasteiger partial charge is 0.192 e. The summed E-state index contributed by atoms with van der Waals surface area (Å²) >= 11 is 0. The molecule has 1 heterocycles. The Morgan fingerprint density at radius 2 is 1.14 bits per heavy atom. The summed E-state index contributed by atoms with van der Waals surface area (Å²) < 4.78 is 33.6. The summed E-state index contributed by atoms with van der Waals surface area (Å²) in [5, 5.41) is 0.0781. The molecule has 1 fully saturated rings. The number of hydrogen-bond donors (Lipinski definition) is 0. The molecule has 1 aliphatic rings. The van der Waals surface area contributed by atoms with Crippen LogP contribution < -0.4 is 0 Å². The Labute approximate surface area is 253 Å². The molecule has 4 rings (SSSR count). The highest BCUT2D eigenvalue weighted by Gasteiger charge is 2.48. The van der Waals surface area contributed by atoms with Crippen LogP contribution in [0.2, 0.25) is 18.1 Å². The molecule has 0 unspecified atom stereocenters. The van der Waals surface area contributed by atoms with E-state index in [0.717, 1.165) is 28.9 Å². The van der Waals surface area contributed by atoms with Gasteiger partial charge in [0.15, 0.2) is 8.32 Å². The van der Waals surface area contributed by atoms with Crippen molar-refractivity contribution in [3.63, 3.8) is 0 Å². The van der Waals surface area contributed by atoms with E-state index in [2.05, 4.69) is 83.3 Å². The summed E-state index contributed by atoms with van der Waals surface area (Å²) in [5.41, 5.74) is 3.29. The van der Waals surface area contributed by atoms with Gasteiger partial charge in [-0.1, -0.05) is 119 Å². The van der Waals surface area contributed by atoms with Crippen molar-refractivity contribution in [2.75, 3.05) is 6.61 Å². The first kappa shape index (κ1) is 32.2. The second kappa shape index (κ2) is 15.1. The highest BCUT2D eigenvalue weighted by atomic mass is 28.4. The maximum atomic E-state index is 6.76. The van der Waals surface area contributed by atoms with Gasteiger partial charge in [-0.25, -0.2) is 0 Å². The van der Waals surface area contributed by atoms with Gasteiger partial charge in [-0.3, -0.25) is 0 Å². The number of rotatable bonds is 13. The molecule has 3 aromatic rings. The van der Waals surface area contributed by atoms with Gasteiger partial charge >= 0.3 is 0 Å². The van der Waals surface area contributed by atoms with Gasteiger partial charge in [0.05, 0.1) is 26.4 Å². The molecule has 0 radical (unpaired) electrons. The summed E-state index contributed by atoms with van der Waals surface area (Å²) in [4.78, 5) is 0. The molecule has 0 bridgehead atoms. The Balaban J connectivity index is 1.67. The molecule has 0 spiro atoms. The third-order valence-corrected chi connectivity index (χ3v) is 12.7. The zero-order valence-corrected chi connectivity index (χ0v) is 27.1. The van der Waals surface area contributed by atoms with Crippen LogP contribution in [0.1, 0.15) is 50.8 Å². The predicted molar refractivity (Wildman–Crippen MR) is 171 cm³/mol. The van der Waals surface area contributed by atoms with E-state index >= 15 is 0 Å². The van der Waals surface area contributed by atoms with Crippen LogP contribution in [0.3, 0.4) is 0 Å². The van der Waals surface area contributed by atoms with Crippen LogP contribution >= 0.6 is 0 Å². The fourth-order valence-electron chi connectivity index (χ4n) is 4.71. The van der Waals surface area contributed by atoms with E-state index in [1.54, 1.807) is 0 Å². The minimum atomic E-state index is -2.04. The highest BCUT2D eigenvalue weighted by Crippen LogP contribution is 2.38. The van der Waals surface area contributed by atoms with Gasteiger partial charge in [0.1, 0.15) is 30.2 Å². The minimum absolute atomic E-state index is 0.0781. The third kappa shape index (κ3) is 8.88. The van der Waals surface area contributed by atoms with Crippen molar-refractivity contribution >= 4 is 8.32 Å². The topological polar surface area (TPSA) is 46.2 Å². The van der Waals surface area contributed by atoms with Gasteiger partial charge in [-0.2, -0.15) is 0 Å². The molecule has 0 saturated carbocycles. The Bertz CT molecular complexity index is 1220. The van der Waals surface area contributed by atoms with Crippen LogP contribution in [0, 0.1) is 0 Å². The molecular formula is C36H48O5Si. The lowest BCUT2D eigenvalue weighted by atomic mass is 9.96. The third-order valence-electron chi connectivity index (χ3n) is 8.22. The van der Waals surface area contributed by atoms with E-state index in [4.69, 9.17) is 23.4 Å². The van der Waals surface area contributed by atoms with Crippen molar-refractivity contribution in [3.05, 3.63) is 120 Å². The highest BCUT2D eigenvalue weighted by molar-refractivity contribution is 6.74. The molecule has 1 saturated heterocycles. The summed E-state index contributed by atoms with van der Waals surface area (Å²) in [6, 6.07) is 30.7. The van der Waals surface area contributed by atoms with Crippen LogP contribution in [0.25, 0.3) is 0 Å². The maximum absolute atomic E-state index is 6.76. The summed E-state index contributed by atoms with van der Waals surface area (Å²) in [5.74, 6) is 0.787. The molecule has 0 aromatic heterocycles. The second-order valence-corrected chi connectivity index (χ2v) is 17.3. The summed E-state index contributed by atoms with van der Waals surface area (Å²) in [6.45, 7) is 15.2. The van der Waals surface area contributed by atoms with Gasteiger partial charge in [-0.15, -0.1) is 0 Å². The van der Waals surface area contributed by atoms with E-state index < -0.39 is 26.6 Å². The van der Waals surface area contributed by atoms with Gasteiger partial charge in [0.25, 0.3) is 0 Å². The Kier molecular flexibility index (Phi) is 11.6. The van der Waals surface area contributed by atoms with Gasteiger partial charge < -0.3 is 23.4 Å². The predicted octanol–water partition coefficient (Wildman–Crippen LogP) is 8.46. The van der Waals surface area contributed by atoms with Crippen LogP contribution in [-0.2, 0) is 43.2 Å². The van der Waals surface area contributed by atoms with Crippen molar-refractivity contribution in [1.82, 2.24) is 0 Å². The van der Waals surface area contributed by atoms with Crippen molar-refractivity contribution in [3.8, 4) is 0 Å². The van der Waals surface area contributed by atoms with Crippen LogP contribution in [0.4, 0.5) is 0 Å². The van der Waals surface area contributed by atoms with Crippen LogP contribution in [0.15, 0.2) is 103 Å². The van der Waals surface area contributed by atoms with Crippen LogP contribution in [0.5, 0.6) is 0 Å². The Morgan fingerprint density at radius 3 is 1.60 bits per heavy atom. The molecule has 1 aliphatic heterocycles. The summed E-state index contributed by atoms with van der Waals surface area (Å²) in [7, 11) is -2.04. The molecule has 0 aliphatic carbocycles. The average Bonchev–Trinajstić information content (AvgIpc) is 2.99. The average molecular weight is 589 g/mol. The fraction of sp³-hybridized carbons (Fsp3) is 0.444. The number of ether oxygens (including phenoxy) is 4. The van der Waals surface area contributed by atoms with E-state index in [1.807, 2.05) is 54.6 Å². The van der Waals surface area contributed by atoms with Gasteiger partial charge in [0.2, 0.25) is 0 Å². The monoisotopic (exact) mass is 588 g/mol. The SMILES string of the molecule is CC/C=C1\O[C@H](CO[Si](C)(C)C(C)(C)C)[C@@H](OCc2ccccc2)[C@H](OCc2ccccc2)[C@@H]1OCc1ccccc1. The maximum Gasteiger partial charge on any atom is 0.192 e. The normalized spacial score (nSPS) is 22.2. The van der Waals surface area contributed by atoms with Gasteiger partial charge in [-0.05, 0) is 47.3 Å². The quantitative estimate of drug-likeness (QED) is 0.188. The largest absolute Gasteiger partial charge is 0.487 e. The lowest BCUT2D eigenvalue weighted by molar-refractivity contribution is -0.219. The van der Waals surface area contributed by atoms with E-state index in [1.165, 1.54) is 0 Å². The molecule has 5 nitrogen and oxygen atoms in total. The molecule has 0 amide bonds. The number of benzene rings is 3. The molecule has 42 heavy (non-hydrogen) atoms. The molecule has 3 aromatic carbocycles. The molecule has 6 heteroatoms. The number of allylic oxidation sites excluding steroid dienone is 1. The van der Waals surface area contributed by atoms with Gasteiger partial charge in [0, 0.05) is 0 Å². The number of hydrogen-bond acceptors (Lipinski definition) is 5. The minimum Gasteiger partial charge on any atom is -0.487 e. The standard InChI is InChI=1S/C36H48O5Si/c1-7-17-31-33(37-24-28-18-11-8-12-19-28)35(39-26-30-22-15-10-16-23-30)34(38-25-29-20-13-9-14-21-29)32(41-31)27-40-42(5,6)36(2,3)4/h8-23,32-35H,7,24-27H2,1-6H3/b31-17-/t32-,33-,34-,35-/m1/s1. The van der Waals surface area contributed by atoms with Crippen molar-refractivity contribution in [1.29, 1.82) is 0 Å². The fourth-order valence-corrected chi connectivity index (χ4v) is 5.72. The first-order valence-corrected chi connectivity index (χ1v) is 18.1. The van der Waals surface area contributed by atoms with Crippen molar-refractivity contribution in [2.45, 2.75) is 96.5 Å². The van der Waals surface area contributed by atoms with E-state index in [-0.39, 0.29) is 11.1 Å². The lowest BCUT2D eigenvalue weighted by Gasteiger charge is -2.45. The Hall–Kier alpha value is -2.74. The molecular weight excluding hydrogens is 540 g/mol. The summed E-state index contributed by atoms with van der Waals surface area (Å²) in [6.07, 6.45) is 1.33. The van der Waals surface area contributed by atoms with Crippen molar-refractivity contribution in [2.24, 2.45) is 0 Å². The molecule has 0 N–H and O–H groups in total. The van der Waals surface area contributed by atoms with Crippen LogP contribution in [-0.4, -0.2) is 39.3 Å². The van der Waals surface area contributed by atoms with E-state index in [9.17, 15) is 0 Å². The first-order valence-electron chi connectivity index (χ1n) is 15.1.